The van der Waals surface area contributed by atoms with Crippen molar-refractivity contribution in [2.45, 2.75) is 13.3 Å². The fourth-order valence-corrected chi connectivity index (χ4v) is 1.75. The minimum absolute atomic E-state index is 0.0132. The molecule has 0 saturated carbocycles. The Morgan fingerprint density at radius 1 is 1.53 bits per heavy atom. The van der Waals surface area contributed by atoms with Crippen molar-refractivity contribution in [2.24, 2.45) is 5.92 Å². The number of hydrogen-bond acceptors (Lipinski definition) is 2. The van der Waals surface area contributed by atoms with Gasteiger partial charge in [0, 0.05) is 29.7 Å². The van der Waals surface area contributed by atoms with Crippen molar-refractivity contribution in [3.63, 3.8) is 0 Å². The van der Waals surface area contributed by atoms with Gasteiger partial charge in [-0.1, -0.05) is 35.0 Å². The normalized spacial score (nSPS) is 12.5. The second-order valence-electron chi connectivity index (χ2n) is 3.56. The minimum atomic E-state index is 0.0132. The fourth-order valence-electron chi connectivity index (χ4n) is 1.35. The smallest absolute Gasteiger partial charge is 0.165 e. The summed E-state index contributed by atoms with van der Waals surface area (Å²) in [6.45, 7) is 2.56. The highest BCUT2D eigenvalue weighted by Gasteiger charge is 2.14. The molecule has 15 heavy (non-hydrogen) atoms. The van der Waals surface area contributed by atoms with E-state index >= 15 is 0 Å². The number of rotatable bonds is 5. The fraction of sp³-hybridized carbons (Fsp3) is 0.417. The van der Waals surface area contributed by atoms with Crippen LogP contribution in [0.4, 0.5) is 0 Å². The van der Waals surface area contributed by atoms with E-state index in [4.69, 9.17) is 4.74 Å². The van der Waals surface area contributed by atoms with E-state index in [-0.39, 0.29) is 11.7 Å². The molecule has 0 bridgehead atoms. The van der Waals surface area contributed by atoms with Crippen LogP contribution < -0.4 is 0 Å². The van der Waals surface area contributed by atoms with E-state index in [9.17, 15) is 4.79 Å². The molecule has 0 saturated heterocycles. The summed E-state index contributed by atoms with van der Waals surface area (Å²) in [6.07, 6.45) is 0.766. The lowest BCUT2D eigenvalue weighted by Gasteiger charge is -2.09. The summed E-state index contributed by atoms with van der Waals surface area (Å²) in [6, 6.07) is 7.49. The van der Waals surface area contributed by atoms with E-state index in [0.29, 0.717) is 6.61 Å². The van der Waals surface area contributed by atoms with Crippen LogP contribution in [0.2, 0.25) is 0 Å². The Morgan fingerprint density at radius 3 is 2.87 bits per heavy atom. The van der Waals surface area contributed by atoms with E-state index < -0.39 is 0 Å². The summed E-state index contributed by atoms with van der Waals surface area (Å²) in [4.78, 5) is 11.9. The summed E-state index contributed by atoms with van der Waals surface area (Å²) >= 11 is 3.36. The van der Waals surface area contributed by atoms with Crippen molar-refractivity contribution in [3.8, 4) is 0 Å². The van der Waals surface area contributed by atoms with Gasteiger partial charge in [0.2, 0.25) is 0 Å². The largest absolute Gasteiger partial charge is 0.385 e. The summed E-state index contributed by atoms with van der Waals surface area (Å²) in [5, 5.41) is 0. The van der Waals surface area contributed by atoms with Crippen molar-refractivity contribution in [1.29, 1.82) is 0 Å². The van der Waals surface area contributed by atoms with Crippen LogP contribution in [0.25, 0.3) is 0 Å². The molecule has 1 aromatic carbocycles. The second kappa shape index (κ2) is 6.03. The van der Waals surface area contributed by atoms with Gasteiger partial charge in [0.15, 0.2) is 5.78 Å². The maximum atomic E-state index is 11.9. The first-order valence-corrected chi connectivity index (χ1v) is 5.73. The van der Waals surface area contributed by atoms with Gasteiger partial charge in [0.1, 0.15) is 0 Å². The molecule has 2 nitrogen and oxygen atoms in total. The van der Waals surface area contributed by atoms with Crippen molar-refractivity contribution >= 4 is 21.7 Å². The van der Waals surface area contributed by atoms with Gasteiger partial charge >= 0.3 is 0 Å². The molecule has 0 aromatic heterocycles. The van der Waals surface area contributed by atoms with Crippen LogP contribution in [-0.4, -0.2) is 19.5 Å². The number of methoxy groups -OCH3 is 1. The van der Waals surface area contributed by atoms with Gasteiger partial charge in [-0.25, -0.2) is 0 Å². The zero-order valence-corrected chi connectivity index (χ0v) is 10.6. The van der Waals surface area contributed by atoms with Crippen LogP contribution in [-0.2, 0) is 4.74 Å². The molecule has 1 atom stereocenters. The number of benzene rings is 1. The molecular formula is C12H15BrO2. The average molecular weight is 271 g/mol. The quantitative estimate of drug-likeness (QED) is 0.768. The SMILES string of the molecule is COCCC(C)C(=O)c1cccc(Br)c1. The number of ketones is 1. The average Bonchev–Trinajstić information content (AvgIpc) is 2.24. The zero-order valence-electron chi connectivity index (χ0n) is 9.00. The standard InChI is InChI=1S/C12H15BrO2/c1-9(6-7-15-2)12(14)10-4-3-5-11(13)8-10/h3-5,8-9H,6-7H2,1-2H3. The summed E-state index contributed by atoms with van der Waals surface area (Å²) in [5.74, 6) is 0.188. The second-order valence-corrected chi connectivity index (χ2v) is 4.47. The summed E-state index contributed by atoms with van der Waals surface area (Å²) in [7, 11) is 1.65. The van der Waals surface area contributed by atoms with Crippen LogP contribution in [0, 0.1) is 5.92 Å². The highest BCUT2D eigenvalue weighted by atomic mass is 79.9. The third-order valence-electron chi connectivity index (χ3n) is 2.31. The van der Waals surface area contributed by atoms with Crippen LogP contribution in [0.5, 0.6) is 0 Å². The van der Waals surface area contributed by atoms with Crippen molar-refractivity contribution in [2.75, 3.05) is 13.7 Å². The lowest BCUT2D eigenvalue weighted by molar-refractivity contribution is 0.0893. The van der Waals surface area contributed by atoms with Gasteiger partial charge < -0.3 is 4.74 Å². The first kappa shape index (κ1) is 12.4. The predicted molar refractivity (Wildman–Crippen MR) is 64.1 cm³/mol. The van der Waals surface area contributed by atoms with Gasteiger partial charge in [0.25, 0.3) is 0 Å². The molecule has 0 fully saturated rings. The monoisotopic (exact) mass is 270 g/mol. The number of carbonyl (C=O) groups excluding carboxylic acids is 1. The Labute approximate surface area is 98.8 Å². The molecule has 0 amide bonds. The van der Waals surface area contributed by atoms with Gasteiger partial charge in [0.05, 0.1) is 0 Å². The molecule has 82 valence electrons. The molecule has 1 rings (SSSR count). The van der Waals surface area contributed by atoms with Crippen LogP contribution >= 0.6 is 15.9 Å². The highest BCUT2D eigenvalue weighted by Crippen LogP contribution is 2.16. The van der Waals surface area contributed by atoms with Crippen LogP contribution in [0.1, 0.15) is 23.7 Å². The molecule has 0 aliphatic heterocycles. The molecule has 0 heterocycles. The van der Waals surface area contributed by atoms with Crippen molar-refractivity contribution < 1.29 is 9.53 Å². The molecule has 0 N–H and O–H groups in total. The van der Waals surface area contributed by atoms with Crippen molar-refractivity contribution in [1.82, 2.24) is 0 Å². The Morgan fingerprint density at radius 2 is 2.27 bits per heavy atom. The van der Waals surface area contributed by atoms with E-state index in [1.54, 1.807) is 7.11 Å². The Bertz CT molecular complexity index is 336. The molecule has 0 aliphatic carbocycles. The minimum Gasteiger partial charge on any atom is -0.385 e. The van der Waals surface area contributed by atoms with E-state index in [1.165, 1.54) is 0 Å². The van der Waals surface area contributed by atoms with Gasteiger partial charge in [-0.15, -0.1) is 0 Å². The molecule has 0 radical (unpaired) electrons. The van der Waals surface area contributed by atoms with Gasteiger partial charge in [-0.05, 0) is 18.6 Å². The summed E-state index contributed by atoms with van der Waals surface area (Å²) in [5.41, 5.74) is 0.757. The number of hydrogen-bond donors (Lipinski definition) is 0. The van der Waals surface area contributed by atoms with Crippen molar-refractivity contribution in [3.05, 3.63) is 34.3 Å². The number of halogens is 1. The molecule has 3 heteroatoms. The van der Waals surface area contributed by atoms with E-state index in [1.807, 2.05) is 31.2 Å². The lowest BCUT2D eigenvalue weighted by atomic mass is 9.97. The zero-order chi connectivity index (χ0) is 11.3. The Kier molecular flexibility index (Phi) is 4.99. The van der Waals surface area contributed by atoms with Gasteiger partial charge in [-0.2, -0.15) is 0 Å². The first-order chi connectivity index (χ1) is 7.15. The Balaban J connectivity index is 2.67. The topological polar surface area (TPSA) is 26.3 Å². The van der Waals surface area contributed by atoms with Crippen LogP contribution in [0.15, 0.2) is 28.7 Å². The van der Waals surface area contributed by atoms with E-state index in [2.05, 4.69) is 15.9 Å². The molecule has 1 unspecified atom stereocenters. The molecular weight excluding hydrogens is 256 g/mol. The van der Waals surface area contributed by atoms with Crippen LogP contribution in [0.3, 0.4) is 0 Å². The molecule has 1 aromatic rings. The Hall–Kier alpha value is -0.670. The predicted octanol–water partition coefficient (Wildman–Crippen LogP) is 3.30. The first-order valence-electron chi connectivity index (χ1n) is 4.94. The third-order valence-corrected chi connectivity index (χ3v) is 2.80. The maximum absolute atomic E-state index is 11.9. The number of ether oxygens (including phenoxy) is 1. The van der Waals surface area contributed by atoms with Gasteiger partial charge in [-0.3, -0.25) is 4.79 Å². The number of Topliss-reactive ketones (excluding diaryl/α,β-unsaturated/α-hetero) is 1. The summed E-state index contributed by atoms with van der Waals surface area (Å²) < 4.78 is 5.90. The number of carbonyl (C=O) groups is 1. The highest BCUT2D eigenvalue weighted by molar-refractivity contribution is 9.10. The van der Waals surface area contributed by atoms with E-state index in [0.717, 1.165) is 16.5 Å². The molecule has 0 aliphatic rings. The molecule has 0 spiro atoms. The third kappa shape index (κ3) is 3.76. The lowest BCUT2D eigenvalue weighted by Crippen LogP contribution is -2.13. The maximum Gasteiger partial charge on any atom is 0.165 e.